The van der Waals surface area contributed by atoms with Gasteiger partial charge in [-0.1, -0.05) is 30.3 Å². The smallest absolute Gasteiger partial charge is 0.282 e. The maximum absolute atomic E-state index is 11.7. The molecule has 0 amide bonds. The molecule has 0 fully saturated rings. The van der Waals surface area contributed by atoms with Gasteiger partial charge in [-0.2, -0.15) is 0 Å². The van der Waals surface area contributed by atoms with Crippen molar-refractivity contribution in [1.29, 1.82) is 0 Å². The Morgan fingerprint density at radius 3 is 2.53 bits per heavy atom. The second kappa shape index (κ2) is 5.86. The van der Waals surface area contributed by atoms with E-state index < -0.39 is 0 Å². The first-order valence-corrected chi connectivity index (χ1v) is 4.75. The number of carbonyl (C=O) groups excluding carboxylic acids is 1. The third-order valence-corrected chi connectivity index (χ3v) is 1.80. The quantitative estimate of drug-likeness (QED) is 0.421. The molecule has 0 unspecified atom stereocenters. The molecule has 1 aromatic carbocycles. The number of rotatable bonds is 5. The largest absolute Gasteiger partial charge is 0.469 e. The fourth-order valence-corrected chi connectivity index (χ4v) is 1.09. The highest BCUT2D eigenvalue weighted by molar-refractivity contribution is 6.04. The maximum atomic E-state index is 11.7. The van der Waals surface area contributed by atoms with Crippen LogP contribution in [0, 0.1) is 0 Å². The summed E-state index contributed by atoms with van der Waals surface area (Å²) in [5.41, 5.74) is 0.617. The third kappa shape index (κ3) is 3.46. The lowest BCUT2D eigenvalue weighted by atomic mass is 10.1. The van der Waals surface area contributed by atoms with Crippen molar-refractivity contribution in [3.8, 4) is 0 Å². The third-order valence-electron chi connectivity index (χ3n) is 1.80. The van der Waals surface area contributed by atoms with Gasteiger partial charge in [0.25, 0.3) is 5.95 Å². The Morgan fingerprint density at radius 2 is 2.00 bits per heavy atom. The monoisotopic (exact) mass is 206 g/mol. The average molecular weight is 206 g/mol. The van der Waals surface area contributed by atoms with Crippen molar-refractivity contribution < 1.29 is 14.3 Å². The molecule has 0 spiro atoms. The highest BCUT2D eigenvalue weighted by atomic mass is 16.7. The van der Waals surface area contributed by atoms with Crippen molar-refractivity contribution in [2.75, 3.05) is 13.7 Å². The number of benzene rings is 1. The van der Waals surface area contributed by atoms with Crippen molar-refractivity contribution in [2.24, 2.45) is 0 Å². The summed E-state index contributed by atoms with van der Waals surface area (Å²) in [6.45, 7) is 2.31. The van der Waals surface area contributed by atoms with Crippen LogP contribution in [0.4, 0.5) is 0 Å². The fourth-order valence-electron chi connectivity index (χ4n) is 1.09. The van der Waals surface area contributed by atoms with E-state index in [1.165, 1.54) is 13.2 Å². The molecule has 15 heavy (non-hydrogen) atoms. The number of ketones is 1. The summed E-state index contributed by atoms with van der Waals surface area (Å²) in [7, 11) is 1.47. The Kier molecular flexibility index (Phi) is 4.41. The number of hydrogen-bond donors (Lipinski definition) is 0. The van der Waals surface area contributed by atoms with E-state index in [1.54, 1.807) is 12.1 Å². The lowest BCUT2D eigenvalue weighted by molar-refractivity contribution is 0.0662. The van der Waals surface area contributed by atoms with Crippen LogP contribution in [0.1, 0.15) is 17.3 Å². The van der Waals surface area contributed by atoms with Crippen LogP contribution < -0.4 is 0 Å². The van der Waals surface area contributed by atoms with E-state index in [9.17, 15) is 4.79 Å². The topological polar surface area (TPSA) is 35.5 Å². The SMILES string of the molecule is CCO/C(=C/C(=O)c1ccccc1)OC. The highest BCUT2D eigenvalue weighted by Crippen LogP contribution is 2.05. The Labute approximate surface area is 89.3 Å². The van der Waals surface area contributed by atoms with Gasteiger partial charge in [-0.15, -0.1) is 0 Å². The first-order chi connectivity index (χ1) is 7.27. The maximum Gasteiger partial charge on any atom is 0.282 e. The zero-order chi connectivity index (χ0) is 11.1. The van der Waals surface area contributed by atoms with Crippen LogP contribution in [0.3, 0.4) is 0 Å². The molecule has 0 aliphatic heterocycles. The first-order valence-electron chi connectivity index (χ1n) is 4.75. The summed E-state index contributed by atoms with van der Waals surface area (Å²) in [4.78, 5) is 11.7. The van der Waals surface area contributed by atoms with Gasteiger partial charge in [0.05, 0.1) is 19.8 Å². The lowest BCUT2D eigenvalue weighted by Crippen LogP contribution is -2.00. The molecule has 0 saturated heterocycles. The van der Waals surface area contributed by atoms with E-state index in [4.69, 9.17) is 9.47 Å². The first kappa shape index (κ1) is 11.3. The van der Waals surface area contributed by atoms with Crippen molar-refractivity contribution in [3.63, 3.8) is 0 Å². The molecule has 3 nitrogen and oxygen atoms in total. The lowest BCUT2D eigenvalue weighted by Gasteiger charge is -2.05. The Bertz CT molecular complexity index is 341. The molecular formula is C12H14O3. The molecule has 0 radical (unpaired) electrons. The van der Waals surface area contributed by atoms with Gasteiger partial charge in [-0.3, -0.25) is 4.79 Å². The van der Waals surface area contributed by atoms with Crippen LogP contribution in [0.25, 0.3) is 0 Å². The normalized spacial score (nSPS) is 10.9. The van der Waals surface area contributed by atoms with E-state index in [1.807, 2.05) is 25.1 Å². The van der Waals surface area contributed by atoms with E-state index >= 15 is 0 Å². The minimum atomic E-state index is -0.124. The van der Waals surface area contributed by atoms with Crippen LogP contribution in [-0.2, 0) is 9.47 Å². The summed E-state index contributed by atoms with van der Waals surface area (Å²) < 4.78 is 10.0. The minimum absolute atomic E-state index is 0.124. The van der Waals surface area contributed by atoms with Gasteiger partial charge >= 0.3 is 0 Å². The van der Waals surface area contributed by atoms with Gasteiger partial charge in [0, 0.05) is 5.56 Å². The summed E-state index contributed by atoms with van der Waals surface area (Å²) in [5, 5.41) is 0. The van der Waals surface area contributed by atoms with Gasteiger partial charge in [0.15, 0.2) is 5.78 Å². The molecular weight excluding hydrogens is 192 g/mol. The van der Waals surface area contributed by atoms with Crippen molar-refractivity contribution in [1.82, 2.24) is 0 Å². The van der Waals surface area contributed by atoms with Crippen LogP contribution >= 0.6 is 0 Å². The van der Waals surface area contributed by atoms with Gasteiger partial charge in [-0.25, -0.2) is 0 Å². The molecule has 0 heterocycles. The number of hydrogen-bond acceptors (Lipinski definition) is 3. The molecule has 1 aromatic rings. The van der Waals surface area contributed by atoms with Crippen molar-refractivity contribution >= 4 is 5.78 Å². The van der Waals surface area contributed by atoms with Gasteiger partial charge < -0.3 is 9.47 Å². The number of allylic oxidation sites excluding steroid dienone is 1. The second-order valence-corrected chi connectivity index (χ2v) is 2.83. The Morgan fingerprint density at radius 1 is 1.33 bits per heavy atom. The number of carbonyl (C=O) groups is 1. The molecule has 80 valence electrons. The zero-order valence-electron chi connectivity index (χ0n) is 8.90. The highest BCUT2D eigenvalue weighted by Gasteiger charge is 2.04. The molecule has 0 atom stereocenters. The van der Waals surface area contributed by atoms with Gasteiger partial charge in [0.2, 0.25) is 0 Å². The van der Waals surface area contributed by atoms with Crippen LogP contribution in [0.15, 0.2) is 42.4 Å². The predicted molar refractivity (Wildman–Crippen MR) is 57.5 cm³/mol. The summed E-state index contributed by atoms with van der Waals surface area (Å²) in [5.74, 6) is 0.118. The standard InChI is InChI=1S/C12H14O3/c1-3-15-12(14-2)9-11(13)10-7-5-4-6-8-10/h4-9H,3H2,1-2H3/b12-9+. The van der Waals surface area contributed by atoms with Crippen LogP contribution in [-0.4, -0.2) is 19.5 Å². The summed E-state index contributed by atoms with van der Waals surface area (Å²) in [6, 6.07) is 8.98. The van der Waals surface area contributed by atoms with E-state index in [0.29, 0.717) is 12.2 Å². The zero-order valence-corrected chi connectivity index (χ0v) is 8.90. The average Bonchev–Trinajstić information content (AvgIpc) is 2.29. The van der Waals surface area contributed by atoms with E-state index in [0.717, 1.165) is 0 Å². The molecule has 0 saturated carbocycles. The molecule has 0 bridgehead atoms. The molecule has 3 heteroatoms. The van der Waals surface area contributed by atoms with Gasteiger partial charge in [0.1, 0.15) is 0 Å². The predicted octanol–water partition coefficient (Wildman–Crippen LogP) is 2.39. The number of methoxy groups -OCH3 is 1. The molecule has 0 aliphatic carbocycles. The fraction of sp³-hybridized carbons (Fsp3) is 0.250. The van der Waals surface area contributed by atoms with Crippen molar-refractivity contribution in [2.45, 2.75) is 6.92 Å². The molecule has 0 aromatic heterocycles. The van der Waals surface area contributed by atoms with E-state index in [2.05, 4.69) is 0 Å². The summed E-state index contributed by atoms with van der Waals surface area (Å²) in [6.07, 6.45) is 1.35. The molecule has 0 N–H and O–H groups in total. The number of ether oxygens (including phenoxy) is 2. The minimum Gasteiger partial charge on any atom is -0.469 e. The molecule has 0 aliphatic rings. The second-order valence-electron chi connectivity index (χ2n) is 2.83. The Balaban J connectivity index is 2.77. The van der Waals surface area contributed by atoms with E-state index in [-0.39, 0.29) is 11.7 Å². The van der Waals surface area contributed by atoms with Crippen LogP contribution in [0.5, 0.6) is 0 Å². The Hall–Kier alpha value is -1.77. The van der Waals surface area contributed by atoms with Crippen molar-refractivity contribution in [3.05, 3.63) is 47.9 Å². The van der Waals surface area contributed by atoms with Crippen LogP contribution in [0.2, 0.25) is 0 Å². The molecule has 1 rings (SSSR count). The van der Waals surface area contributed by atoms with Gasteiger partial charge in [-0.05, 0) is 6.92 Å². The summed E-state index contributed by atoms with van der Waals surface area (Å²) >= 11 is 0.